The highest BCUT2D eigenvalue weighted by molar-refractivity contribution is 6.16. The van der Waals surface area contributed by atoms with Gasteiger partial charge in [0.25, 0.3) is 0 Å². The Morgan fingerprint density at radius 3 is 1.56 bits per heavy atom. The zero-order valence-electron chi connectivity index (χ0n) is 34.8. The van der Waals surface area contributed by atoms with Gasteiger partial charge in [0.1, 0.15) is 11.2 Å². The van der Waals surface area contributed by atoms with Gasteiger partial charge in [-0.2, -0.15) is 0 Å². The molecule has 0 bridgehead atoms. The number of hydrogen-bond donors (Lipinski definition) is 0. The molecule has 12 aromatic rings. The Hall–Kier alpha value is -8.08. The van der Waals surface area contributed by atoms with Gasteiger partial charge in [-0.05, 0) is 99.6 Å². The molecular weight excluding hydrogens is 769 g/mol. The lowest BCUT2D eigenvalue weighted by molar-refractivity contribution is 0.667. The zero-order chi connectivity index (χ0) is 41.8. The SMILES string of the molecule is CC1(C)c2cc3ccccc3c(N(c3ccccc3)c3cccc4c3oc3ccccc34)c2-c2ccc3cc(N(c4ccccc4)c4cccc5c4oc4ccccc45)ccc3c21. The van der Waals surface area contributed by atoms with Gasteiger partial charge in [-0.3, -0.25) is 0 Å². The van der Waals surface area contributed by atoms with Crippen molar-refractivity contribution in [3.63, 3.8) is 0 Å². The Morgan fingerprint density at radius 1 is 0.381 bits per heavy atom. The summed E-state index contributed by atoms with van der Waals surface area (Å²) < 4.78 is 13.4. The highest BCUT2D eigenvalue weighted by Gasteiger charge is 2.41. The van der Waals surface area contributed by atoms with E-state index >= 15 is 0 Å². The highest BCUT2D eigenvalue weighted by Crippen LogP contribution is 2.59. The van der Waals surface area contributed by atoms with Crippen molar-refractivity contribution in [3.05, 3.63) is 217 Å². The number of fused-ring (bicyclic) bond motifs is 12. The molecule has 0 aliphatic heterocycles. The maximum atomic E-state index is 6.79. The quantitative estimate of drug-likeness (QED) is 0.168. The van der Waals surface area contributed by atoms with Crippen LogP contribution in [0.3, 0.4) is 0 Å². The second-order valence-electron chi connectivity index (χ2n) is 17.2. The summed E-state index contributed by atoms with van der Waals surface area (Å²) in [5.41, 5.74) is 14.7. The molecule has 1 aliphatic carbocycles. The van der Waals surface area contributed by atoms with Gasteiger partial charge in [-0.15, -0.1) is 0 Å². The molecule has 0 atom stereocenters. The minimum absolute atomic E-state index is 0.322. The first-order chi connectivity index (χ1) is 31.0. The van der Waals surface area contributed by atoms with Crippen molar-refractivity contribution in [1.29, 1.82) is 0 Å². The molecule has 0 spiro atoms. The van der Waals surface area contributed by atoms with Gasteiger partial charge >= 0.3 is 0 Å². The van der Waals surface area contributed by atoms with Gasteiger partial charge in [-0.1, -0.05) is 153 Å². The highest BCUT2D eigenvalue weighted by atomic mass is 16.3. The van der Waals surface area contributed by atoms with Crippen LogP contribution in [0.2, 0.25) is 0 Å². The van der Waals surface area contributed by atoms with Crippen LogP contribution in [0.4, 0.5) is 34.1 Å². The molecule has 0 fully saturated rings. The van der Waals surface area contributed by atoms with E-state index in [4.69, 9.17) is 8.83 Å². The van der Waals surface area contributed by atoms with Gasteiger partial charge in [0.05, 0.1) is 17.1 Å². The van der Waals surface area contributed by atoms with Crippen molar-refractivity contribution in [2.75, 3.05) is 9.80 Å². The summed E-state index contributed by atoms with van der Waals surface area (Å²) in [6, 6.07) is 74.0. The van der Waals surface area contributed by atoms with E-state index in [9.17, 15) is 0 Å². The van der Waals surface area contributed by atoms with Crippen LogP contribution in [0, 0.1) is 0 Å². The predicted octanol–water partition coefficient (Wildman–Crippen LogP) is 17.0. The molecule has 0 amide bonds. The molecule has 4 nitrogen and oxygen atoms in total. The summed E-state index contributed by atoms with van der Waals surface area (Å²) in [4.78, 5) is 4.78. The zero-order valence-corrected chi connectivity index (χ0v) is 34.8. The monoisotopic (exact) mass is 808 g/mol. The third kappa shape index (κ3) is 5.22. The van der Waals surface area contributed by atoms with E-state index < -0.39 is 0 Å². The summed E-state index contributed by atoms with van der Waals surface area (Å²) in [5.74, 6) is 0. The van der Waals surface area contributed by atoms with Crippen LogP contribution >= 0.6 is 0 Å². The van der Waals surface area contributed by atoms with Crippen LogP contribution in [-0.4, -0.2) is 0 Å². The molecule has 1 aliphatic rings. The van der Waals surface area contributed by atoms with Crippen LogP contribution in [0.5, 0.6) is 0 Å². The van der Waals surface area contributed by atoms with Crippen molar-refractivity contribution in [1.82, 2.24) is 0 Å². The van der Waals surface area contributed by atoms with Gasteiger partial charge in [0, 0.05) is 55.0 Å². The van der Waals surface area contributed by atoms with E-state index in [1.165, 1.54) is 43.8 Å². The predicted molar refractivity (Wildman–Crippen MR) is 263 cm³/mol. The Kier molecular flexibility index (Phi) is 7.62. The van der Waals surface area contributed by atoms with Crippen molar-refractivity contribution < 1.29 is 8.83 Å². The molecule has 0 saturated heterocycles. The third-order valence-corrected chi connectivity index (χ3v) is 13.4. The summed E-state index contributed by atoms with van der Waals surface area (Å²) >= 11 is 0. The number of furan rings is 2. The number of rotatable bonds is 6. The number of nitrogens with zero attached hydrogens (tertiary/aromatic N) is 2. The standard InChI is InChI=1S/C59H40N2O2/c1-59(2)49-36-37-17-9-10-22-43(37)56(61(40-20-7-4-8-21-40)51-28-16-26-47-45-24-12-14-30-53(45)63-58(47)51)54(49)48-33-31-38-35-41(32-34-42(38)55(48)59)60(39-18-5-3-6-19-39)50-27-15-25-46-44-23-11-13-29-52(44)62-57(46)50/h3-36H,1-2H3. The van der Waals surface area contributed by atoms with Crippen LogP contribution in [-0.2, 0) is 5.41 Å². The molecular formula is C59H40N2O2. The number of para-hydroxylation sites is 6. The van der Waals surface area contributed by atoms with Crippen molar-refractivity contribution in [3.8, 4) is 11.1 Å². The van der Waals surface area contributed by atoms with Crippen LogP contribution < -0.4 is 9.80 Å². The molecule has 298 valence electrons. The van der Waals surface area contributed by atoms with Crippen molar-refractivity contribution >= 4 is 99.5 Å². The van der Waals surface area contributed by atoms with E-state index in [0.717, 1.165) is 78.0 Å². The summed E-state index contributed by atoms with van der Waals surface area (Å²) in [7, 11) is 0. The molecule has 0 N–H and O–H groups in total. The lowest BCUT2D eigenvalue weighted by atomic mass is 9.79. The Labute approximate surface area is 364 Å². The first-order valence-corrected chi connectivity index (χ1v) is 21.7. The van der Waals surface area contributed by atoms with Gasteiger partial charge < -0.3 is 18.6 Å². The molecule has 63 heavy (non-hydrogen) atoms. The number of anilines is 6. The van der Waals surface area contributed by atoms with Crippen LogP contribution in [0.15, 0.2) is 215 Å². The summed E-state index contributed by atoms with van der Waals surface area (Å²) in [5, 5.41) is 9.25. The molecule has 10 aromatic carbocycles. The fourth-order valence-corrected chi connectivity index (χ4v) is 10.6. The van der Waals surface area contributed by atoms with E-state index in [2.05, 4.69) is 218 Å². The van der Waals surface area contributed by atoms with E-state index in [-0.39, 0.29) is 5.41 Å². The maximum Gasteiger partial charge on any atom is 0.159 e. The minimum Gasteiger partial charge on any atom is -0.454 e. The Bertz CT molecular complexity index is 3790. The van der Waals surface area contributed by atoms with Gasteiger partial charge in [0.15, 0.2) is 11.2 Å². The first kappa shape index (κ1) is 35.7. The topological polar surface area (TPSA) is 32.8 Å². The van der Waals surface area contributed by atoms with Crippen LogP contribution in [0.25, 0.3) is 76.5 Å². The summed E-state index contributed by atoms with van der Waals surface area (Å²) in [6.07, 6.45) is 0. The molecule has 0 radical (unpaired) electrons. The third-order valence-electron chi connectivity index (χ3n) is 13.4. The smallest absolute Gasteiger partial charge is 0.159 e. The van der Waals surface area contributed by atoms with E-state index in [1.807, 2.05) is 12.1 Å². The fourth-order valence-electron chi connectivity index (χ4n) is 10.6. The number of benzene rings is 10. The molecule has 4 heteroatoms. The van der Waals surface area contributed by atoms with Crippen LogP contribution in [0.1, 0.15) is 25.0 Å². The molecule has 0 saturated carbocycles. The van der Waals surface area contributed by atoms with E-state index in [0.29, 0.717) is 0 Å². The molecule has 2 heterocycles. The summed E-state index contributed by atoms with van der Waals surface area (Å²) in [6.45, 7) is 4.80. The average Bonchev–Trinajstić information content (AvgIpc) is 3.98. The molecule has 0 unspecified atom stereocenters. The van der Waals surface area contributed by atoms with Crippen molar-refractivity contribution in [2.24, 2.45) is 0 Å². The lowest BCUT2D eigenvalue weighted by Gasteiger charge is -2.30. The van der Waals surface area contributed by atoms with E-state index in [1.54, 1.807) is 0 Å². The van der Waals surface area contributed by atoms with Crippen molar-refractivity contribution in [2.45, 2.75) is 19.3 Å². The van der Waals surface area contributed by atoms with Gasteiger partial charge in [0.2, 0.25) is 0 Å². The maximum absolute atomic E-state index is 6.79. The average molecular weight is 809 g/mol. The lowest BCUT2D eigenvalue weighted by Crippen LogP contribution is -2.17. The molecule has 13 rings (SSSR count). The minimum atomic E-state index is -0.322. The van der Waals surface area contributed by atoms with Gasteiger partial charge in [-0.25, -0.2) is 0 Å². The molecule has 2 aromatic heterocycles. The second-order valence-corrected chi connectivity index (χ2v) is 17.2. The normalized spacial score (nSPS) is 13.0. The Balaban J connectivity index is 1.05. The number of hydrogen-bond acceptors (Lipinski definition) is 4. The largest absolute Gasteiger partial charge is 0.454 e. The Morgan fingerprint density at radius 2 is 0.905 bits per heavy atom. The fraction of sp³-hybridized carbons (Fsp3) is 0.0508. The second kappa shape index (κ2) is 13.5. The first-order valence-electron chi connectivity index (χ1n) is 21.7.